The highest BCUT2D eigenvalue weighted by molar-refractivity contribution is 6.31. The van der Waals surface area contributed by atoms with E-state index in [4.69, 9.17) is 16.3 Å². The highest BCUT2D eigenvalue weighted by Gasteiger charge is 2.23. The monoisotopic (exact) mass is 362 g/mol. The summed E-state index contributed by atoms with van der Waals surface area (Å²) < 4.78 is 18.7. The molecule has 132 valence electrons. The van der Waals surface area contributed by atoms with Crippen LogP contribution in [0.15, 0.2) is 42.5 Å². The third-order valence-electron chi connectivity index (χ3n) is 4.40. The van der Waals surface area contributed by atoms with Gasteiger partial charge in [-0.05, 0) is 49.7 Å². The average Bonchev–Trinajstić information content (AvgIpc) is 3.01. The maximum Gasteiger partial charge on any atom is 0.255 e. The van der Waals surface area contributed by atoms with E-state index in [1.807, 2.05) is 12.1 Å². The third-order valence-corrected chi connectivity index (χ3v) is 4.69. The van der Waals surface area contributed by atoms with Crippen molar-refractivity contribution in [1.29, 1.82) is 0 Å². The molecule has 2 aromatic carbocycles. The number of amides is 1. The minimum atomic E-state index is -0.518. The second kappa shape index (κ2) is 7.85. The van der Waals surface area contributed by atoms with E-state index in [1.54, 1.807) is 12.1 Å². The molecular weight excluding hydrogens is 343 g/mol. The molecule has 6 heteroatoms. The largest absolute Gasteiger partial charge is 0.385 e. The lowest BCUT2D eigenvalue weighted by Gasteiger charge is -2.16. The Morgan fingerprint density at radius 3 is 2.84 bits per heavy atom. The highest BCUT2D eigenvalue weighted by Crippen LogP contribution is 2.22. The van der Waals surface area contributed by atoms with Crippen LogP contribution in [0.5, 0.6) is 0 Å². The van der Waals surface area contributed by atoms with Crippen molar-refractivity contribution in [1.82, 2.24) is 0 Å². The maximum atomic E-state index is 13.2. The number of hydrogen-bond acceptors (Lipinski definition) is 3. The molecule has 3 rings (SSSR count). The fourth-order valence-electron chi connectivity index (χ4n) is 2.84. The normalized spacial score (nSPS) is 19.6. The van der Waals surface area contributed by atoms with Gasteiger partial charge < -0.3 is 15.4 Å². The van der Waals surface area contributed by atoms with E-state index in [0.717, 1.165) is 25.3 Å². The van der Waals surface area contributed by atoms with Gasteiger partial charge in [0.1, 0.15) is 5.82 Å². The molecule has 2 N–H and O–H groups in total. The summed E-state index contributed by atoms with van der Waals surface area (Å²) in [6.07, 6.45) is 1.29. The number of hydrogen-bond donors (Lipinski definition) is 2. The molecule has 2 unspecified atom stereocenters. The van der Waals surface area contributed by atoms with Crippen LogP contribution in [-0.4, -0.2) is 25.2 Å². The first kappa shape index (κ1) is 17.7. The van der Waals surface area contributed by atoms with Gasteiger partial charge in [0.15, 0.2) is 0 Å². The third kappa shape index (κ3) is 4.50. The fourth-order valence-corrected chi connectivity index (χ4v) is 3.02. The number of carbonyl (C=O) groups is 1. The number of rotatable bonds is 5. The first-order chi connectivity index (χ1) is 12.0. The number of ether oxygens (including phenoxy) is 1. The lowest BCUT2D eigenvalue weighted by atomic mass is 10.0. The van der Waals surface area contributed by atoms with Gasteiger partial charge in [-0.3, -0.25) is 4.79 Å². The molecule has 25 heavy (non-hydrogen) atoms. The van der Waals surface area contributed by atoms with Gasteiger partial charge in [0.2, 0.25) is 0 Å². The van der Waals surface area contributed by atoms with Crippen molar-refractivity contribution in [3.63, 3.8) is 0 Å². The molecule has 1 aliphatic rings. The Hall–Kier alpha value is -2.11. The molecule has 2 atom stereocenters. The Balaban J connectivity index is 1.63. The van der Waals surface area contributed by atoms with E-state index in [-0.39, 0.29) is 17.0 Å². The van der Waals surface area contributed by atoms with E-state index in [0.29, 0.717) is 17.2 Å². The molecule has 1 amide bonds. The van der Waals surface area contributed by atoms with Crippen LogP contribution in [0.3, 0.4) is 0 Å². The summed E-state index contributed by atoms with van der Waals surface area (Å²) in [5.74, 6) is -0.321. The molecule has 0 saturated carbocycles. The molecule has 1 saturated heterocycles. The number of nitrogens with one attached hydrogen (secondary N) is 2. The van der Waals surface area contributed by atoms with Crippen LogP contribution in [0.4, 0.5) is 15.8 Å². The van der Waals surface area contributed by atoms with E-state index >= 15 is 0 Å². The van der Waals surface area contributed by atoms with Crippen molar-refractivity contribution in [3.05, 3.63) is 58.9 Å². The first-order valence-corrected chi connectivity index (χ1v) is 8.62. The smallest absolute Gasteiger partial charge is 0.255 e. The molecule has 1 fully saturated rings. The number of benzene rings is 2. The van der Waals surface area contributed by atoms with Gasteiger partial charge in [0.25, 0.3) is 5.91 Å². The number of carbonyl (C=O) groups excluding carboxylic acids is 1. The molecule has 4 nitrogen and oxygen atoms in total. The molecule has 0 bridgehead atoms. The zero-order valence-corrected chi connectivity index (χ0v) is 14.6. The Labute approximate surface area is 151 Å². The maximum absolute atomic E-state index is 13.2. The second-order valence-corrected chi connectivity index (χ2v) is 6.58. The molecule has 1 aliphatic heterocycles. The summed E-state index contributed by atoms with van der Waals surface area (Å²) >= 11 is 5.74. The van der Waals surface area contributed by atoms with Gasteiger partial charge in [-0.15, -0.1) is 0 Å². The van der Waals surface area contributed by atoms with Crippen molar-refractivity contribution in [3.8, 4) is 0 Å². The fraction of sp³-hybridized carbons (Fsp3) is 0.316. The Bertz CT molecular complexity index is 769. The first-order valence-electron chi connectivity index (χ1n) is 8.25. The number of halogens is 2. The van der Waals surface area contributed by atoms with Gasteiger partial charge >= 0.3 is 0 Å². The SMILES string of the molecule is CC1OCCC1CNc1cccc(C(=O)Nc2ccc(F)c(Cl)c2)c1. The number of anilines is 2. The Morgan fingerprint density at radius 1 is 1.28 bits per heavy atom. The minimum absolute atomic E-state index is 0.0267. The van der Waals surface area contributed by atoms with Crippen LogP contribution in [0.25, 0.3) is 0 Å². The van der Waals surface area contributed by atoms with Crippen LogP contribution in [0.1, 0.15) is 23.7 Å². The van der Waals surface area contributed by atoms with Crippen LogP contribution in [-0.2, 0) is 4.74 Å². The summed E-state index contributed by atoms with van der Waals surface area (Å²) in [7, 11) is 0. The summed E-state index contributed by atoms with van der Waals surface area (Å²) in [4.78, 5) is 12.4. The van der Waals surface area contributed by atoms with Crippen molar-refractivity contribution in [2.75, 3.05) is 23.8 Å². The molecule has 2 aromatic rings. The van der Waals surface area contributed by atoms with E-state index < -0.39 is 5.82 Å². The lowest BCUT2D eigenvalue weighted by molar-refractivity contribution is 0.102. The summed E-state index contributed by atoms with van der Waals surface area (Å²) in [6, 6.07) is 11.4. The predicted octanol–water partition coefficient (Wildman–Crippen LogP) is 4.57. The van der Waals surface area contributed by atoms with E-state index in [1.165, 1.54) is 18.2 Å². The topological polar surface area (TPSA) is 50.4 Å². The molecule has 1 heterocycles. The minimum Gasteiger partial charge on any atom is -0.385 e. The quantitative estimate of drug-likeness (QED) is 0.819. The molecule has 0 spiro atoms. The van der Waals surface area contributed by atoms with E-state index in [2.05, 4.69) is 17.6 Å². The Kier molecular flexibility index (Phi) is 5.56. The summed E-state index contributed by atoms with van der Waals surface area (Å²) in [6.45, 7) is 3.69. The van der Waals surface area contributed by atoms with Crippen molar-refractivity contribution in [2.24, 2.45) is 5.92 Å². The second-order valence-electron chi connectivity index (χ2n) is 6.17. The van der Waals surface area contributed by atoms with E-state index in [9.17, 15) is 9.18 Å². The van der Waals surface area contributed by atoms with Gasteiger partial charge in [0.05, 0.1) is 11.1 Å². The molecule has 0 aromatic heterocycles. The van der Waals surface area contributed by atoms with Gasteiger partial charge in [-0.25, -0.2) is 4.39 Å². The zero-order valence-electron chi connectivity index (χ0n) is 13.9. The molecular formula is C19H20ClFN2O2. The highest BCUT2D eigenvalue weighted by atomic mass is 35.5. The summed E-state index contributed by atoms with van der Waals surface area (Å²) in [5.41, 5.74) is 1.84. The van der Waals surface area contributed by atoms with Crippen LogP contribution in [0.2, 0.25) is 5.02 Å². The average molecular weight is 363 g/mol. The van der Waals surface area contributed by atoms with Gasteiger partial charge in [-0.2, -0.15) is 0 Å². The zero-order chi connectivity index (χ0) is 17.8. The van der Waals surface area contributed by atoms with Gasteiger partial charge in [-0.1, -0.05) is 17.7 Å². The lowest BCUT2D eigenvalue weighted by Crippen LogP contribution is -2.21. The van der Waals surface area contributed by atoms with Crippen LogP contribution < -0.4 is 10.6 Å². The van der Waals surface area contributed by atoms with Crippen molar-refractivity contribution in [2.45, 2.75) is 19.4 Å². The van der Waals surface area contributed by atoms with Crippen LogP contribution >= 0.6 is 11.6 Å². The van der Waals surface area contributed by atoms with Crippen molar-refractivity contribution < 1.29 is 13.9 Å². The van der Waals surface area contributed by atoms with Crippen molar-refractivity contribution >= 4 is 28.9 Å². The molecule has 0 radical (unpaired) electrons. The summed E-state index contributed by atoms with van der Waals surface area (Å²) in [5, 5.41) is 6.06. The van der Waals surface area contributed by atoms with Crippen LogP contribution in [0, 0.1) is 11.7 Å². The Morgan fingerprint density at radius 2 is 2.12 bits per heavy atom. The van der Waals surface area contributed by atoms with Gasteiger partial charge in [0, 0.05) is 36.0 Å². The predicted molar refractivity (Wildman–Crippen MR) is 97.8 cm³/mol. The standard InChI is InChI=1S/C19H20ClFN2O2/c1-12-14(7-8-25-12)11-22-15-4-2-3-13(9-15)19(24)23-16-5-6-18(21)17(20)10-16/h2-6,9-10,12,14,22H,7-8,11H2,1H3,(H,23,24). The molecule has 0 aliphatic carbocycles.